The molecule has 1 amide bonds. The van der Waals surface area contributed by atoms with E-state index in [1.807, 2.05) is 42.5 Å². The molecule has 1 saturated carbocycles. The van der Waals surface area contributed by atoms with Crippen LogP contribution in [-0.2, 0) is 11.2 Å². The lowest BCUT2D eigenvalue weighted by atomic mass is 9.98. The first-order chi connectivity index (χ1) is 15.4. The summed E-state index contributed by atoms with van der Waals surface area (Å²) in [6.45, 7) is 3.38. The van der Waals surface area contributed by atoms with Crippen LogP contribution in [0.5, 0.6) is 0 Å². The number of nitriles is 1. The van der Waals surface area contributed by atoms with Gasteiger partial charge in [0.25, 0.3) is 0 Å². The van der Waals surface area contributed by atoms with Gasteiger partial charge in [0.15, 0.2) is 0 Å². The SMILES string of the molecule is Cc1cc(C)c([N+](=O)[O-])c(NC(=O)C2CC2Cc2ccc(-c3ccccc3C#N)cc2)n1. The van der Waals surface area contributed by atoms with Crippen molar-refractivity contribution in [2.24, 2.45) is 11.8 Å². The predicted octanol–water partition coefficient (Wildman–Crippen LogP) is 4.96. The molecule has 1 aliphatic carbocycles. The van der Waals surface area contributed by atoms with Crippen LogP contribution < -0.4 is 5.32 Å². The first-order valence-electron chi connectivity index (χ1n) is 10.4. The summed E-state index contributed by atoms with van der Waals surface area (Å²) < 4.78 is 0. The quantitative estimate of drug-likeness (QED) is 0.442. The highest BCUT2D eigenvalue weighted by Crippen LogP contribution is 2.42. The van der Waals surface area contributed by atoms with Crippen LogP contribution in [0.4, 0.5) is 11.5 Å². The number of carbonyl (C=O) groups excluding carboxylic acids is 1. The molecule has 1 aromatic heterocycles. The Labute approximate surface area is 185 Å². The fourth-order valence-corrected chi connectivity index (χ4v) is 4.11. The molecule has 2 atom stereocenters. The average molecular weight is 426 g/mol. The zero-order chi connectivity index (χ0) is 22.8. The van der Waals surface area contributed by atoms with Crippen LogP contribution in [0.15, 0.2) is 54.6 Å². The van der Waals surface area contributed by atoms with Crippen molar-refractivity contribution >= 4 is 17.4 Å². The second kappa shape index (κ2) is 8.60. The van der Waals surface area contributed by atoms with Crippen LogP contribution in [0.25, 0.3) is 11.1 Å². The van der Waals surface area contributed by atoms with Crippen molar-refractivity contribution in [3.05, 3.63) is 87.1 Å². The molecule has 0 saturated heterocycles. The molecule has 2 aromatic carbocycles. The third kappa shape index (κ3) is 4.35. The maximum Gasteiger partial charge on any atom is 0.314 e. The number of rotatable bonds is 6. The number of benzene rings is 2. The van der Waals surface area contributed by atoms with Gasteiger partial charge in [-0.3, -0.25) is 14.9 Å². The second-order valence-corrected chi connectivity index (χ2v) is 8.18. The molecule has 32 heavy (non-hydrogen) atoms. The molecule has 7 nitrogen and oxygen atoms in total. The lowest BCUT2D eigenvalue weighted by Crippen LogP contribution is -2.18. The Kier molecular flexibility index (Phi) is 5.69. The number of amides is 1. The van der Waals surface area contributed by atoms with E-state index in [1.54, 1.807) is 26.0 Å². The summed E-state index contributed by atoms with van der Waals surface area (Å²) in [6, 6.07) is 19.3. The van der Waals surface area contributed by atoms with E-state index in [-0.39, 0.29) is 29.2 Å². The fourth-order valence-electron chi connectivity index (χ4n) is 4.11. The molecular formula is C25H22N4O3. The highest BCUT2D eigenvalue weighted by atomic mass is 16.6. The lowest BCUT2D eigenvalue weighted by Gasteiger charge is -2.08. The highest BCUT2D eigenvalue weighted by Gasteiger charge is 2.43. The van der Waals surface area contributed by atoms with Gasteiger partial charge >= 0.3 is 5.69 Å². The summed E-state index contributed by atoms with van der Waals surface area (Å²) in [5, 5.41) is 23.4. The van der Waals surface area contributed by atoms with E-state index in [0.717, 1.165) is 29.5 Å². The molecule has 4 rings (SSSR count). The first kappa shape index (κ1) is 21.2. The van der Waals surface area contributed by atoms with Gasteiger partial charge in [-0.15, -0.1) is 0 Å². The number of pyridine rings is 1. The Morgan fingerprint density at radius 1 is 1.22 bits per heavy atom. The molecule has 0 radical (unpaired) electrons. The maximum atomic E-state index is 12.7. The van der Waals surface area contributed by atoms with Crippen molar-refractivity contribution in [3.8, 4) is 17.2 Å². The lowest BCUT2D eigenvalue weighted by molar-refractivity contribution is -0.384. The minimum Gasteiger partial charge on any atom is -0.305 e. The first-order valence-corrected chi connectivity index (χ1v) is 10.4. The molecular weight excluding hydrogens is 404 g/mol. The standard InChI is InChI=1S/C25H22N4O3/c1-15-11-16(2)27-24(23(15)29(31)32)28-25(30)22-13-20(22)12-17-7-9-18(10-8-17)21-6-4-3-5-19(21)14-26/h3-11,20,22H,12-13H2,1-2H3,(H,27,28,30). The molecule has 2 unspecified atom stereocenters. The maximum absolute atomic E-state index is 12.7. The van der Waals surface area contributed by atoms with E-state index in [2.05, 4.69) is 16.4 Å². The van der Waals surface area contributed by atoms with Crippen molar-refractivity contribution in [2.75, 3.05) is 5.32 Å². The van der Waals surface area contributed by atoms with Crippen molar-refractivity contribution in [1.29, 1.82) is 5.26 Å². The van der Waals surface area contributed by atoms with Crippen molar-refractivity contribution < 1.29 is 9.72 Å². The Morgan fingerprint density at radius 3 is 2.62 bits per heavy atom. The number of nitrogens with zero attached hydrogens (tertiary/aromatic N) is 3. The Morgan fingerprint density at radius 2 is 1.94 bits per heavy atom. The van der Waals surface area contributed by atoms with Gasteiger partial charge in [0, 0.05) is 17.2 Å². The van der Waals surface area contributed by atoms with E-state index < -0.39 is 4.92 Å². The smallest absolute Gasteiger partial charge is 0.305 e. The van der Waals surface area contributed by atoms with Crippen LogP contribution >= 0.6 is 0 Å². The summed E-state index contributed by atoms with van der Waals surface area (Å²) in [6.07, 6.45) is 1.49. The van der Waals surface area contributed by atoms with E-state index >= 15 is 0 Å². The zero-order valence-corrected chi connectivity index (χ0v) is 17.8. The van der Waals surface area contributed by atoms with Crippen LogP contribution in [0.2, 0.25) is 0 Å². The Hall–Kier alpha value is -4.05. The van der Waals surface area contributed by atoms with E-state index in [1.165, 1.54) is 0 Å². The second-order valence-electron chi connectivity index (χ2n) is 8.18. The van der Waals surface area contributed by atoms with Crippen LogP contribution in [0.3, 0.4) is 0 Å². The molecule has 7 heteroatoms. The number of anilines is 1. The molecule has 0 aliphatic heterocycles. The molecule has 1 N–H and O–H groups in total. The summed E-state index contributed by atoms with van der Waals surface area (Å²) in [5.41, 5.74) is 4.55. The van der Waals surface area contributed by atoms with Gasteiger partial charge in [-0.25, -0.2) is 4.98 Å². The topological polar surface area (TPSA) is 109 Å². The Bertz CT molecular complexity index is 1250. The van der Waals surface area contributed by atoms with Gasteiger partial charge < -0.3 is 5.32 Å². The number of hydrogen-bond acceptors (Lipinski definition) is 5. The number of aromatic nitrogens is 1. The largest absolute Gasteiger partial charge is 0.314 e. The summed E-state index contributed by atoms with van der Waals surface area (Å²) in [5.74, 6) is -0.202. The summed E-state index contributed by atoms with van der Waals surface area (Å²) in [4.78, 5) is 27.7. The van der Waals surface area contributed by atoms with E-state index in [9.17, 15) is 20.2 Å². The van der Waals surface area contributed by atoms with Gasteiger partial charge in [0.05, 0.1) is 16.6 Å². The molecule has 1 fully saturated rings. The molecule has 0 spiro atoms. The summed E-state index contributed by atoms with van der Waals surface area (Å²) in [7, 11) is 0. The molecule has 3 aromatic rings. The fraction of sp³-hybridized carbons (Fsp3) is 0.240. The molecule has 1 heterocycles. The highest BCUT2D eigenvalue weighted by molar-refractivity contribution is 5.95. The molecule has 160 valence electrons. The molecule has 1 aliphatic rings. The number of nitro groups is 1. The van der Waals surface area contributed by atoms with Gasteiger partial charge in [-0.2, -0.15) is 5.26 Å². The van der Waals surface area contributed by atoms with Crippen LogP contribution in [0, 0.1) is 47.1 Å². The third-order valence-corrected chi connectivity index (χ3v) is 5.81. The average Bonchev–Trinajstić information content (AvgIpc) is 3.52. The predicted molar refractivity (Wildman–Crippen MR) is 121 cm³/mol. The number of carbonyl (C=O) groups is 1. The normalized spacial score (nSPS) is 16.8. The zero-order valence-electron chi connectivity index (χ0n) is 17.8. The summed E-state index contributed by atoms with van der Waals surface area (Å²) >= 11 is 0. The Balaban J connectivity index is 1.41. The van der Waals surface area contributed by atoms with Crippen molar-refractivity contribution in [3.63, 3.8) is 0 Å². The minimum atomic E-state index is -0.506. The van der Waals surface area contributed by atoms with Gasteiger partial charge in [0.1, 0.15) is 0 Å². The van der Waals surface area contributed by atoms with E-state index in [4.69, 9.17) is 0 Å². The monoisotopic (exact) mass is 426 g/mol. The van der Waals surface area contributed by atoms with Crippen molar-refractivity contribution in [2.45, 2.75) is 26.7 Å². The minimum absolute atomic E-state index is 0.0173. The van der Waals surface area contributed by atoms with Gasteiger partial charge in [0.2, 0.25) is 11.7 Å². The van der Waals surface area contributed by atoms with Gasteiger partial charge in [-0.1, -0.05) is 42.5 Å². The third-order valence-electron chi connectivity index (χ3n) is 5.81. The number of aryl methyl sites for hydroxylation is 2. The van der Waals surface area contributed by atoms with Crippen LogP contribution in [0.1, 0.15) is 28.8 Å². The van der Waals surface area contributed by atoms with Crippen LogP contribution in [-0.4, -0.2) is 15.8 Å². The number of nitrogens with one attached hydrogen (secondary N) is 1. The van der Waals surface area contributed by atoms with Crippen molar-refractivity contribution in [1.82, 2.24) is 4.98 Å². The van der Waals surface area contributed by atoms with E-state index in [0.29, 0.717) is 16.8 Å². The molecule has 0 bridgehead atoms. The van der Waals surface area contributed by atoms with Gasteiger partial charge in [-0.05, 0) is 61.4 Å². The number of hydrogen-bond donors (Lipinski definition) is 1.